The van der Waals surface area contributed by atoms with E-state index in [9.17, 15) is 22.4 Å². The molecule has 2 atom stereocenters. The molecule has 0 spiro atoms. The minimum Gasteiger partial charge on any atom is -0.352 e. The van der Waals surface area contributed by atoms with Gasteiger partial charge in [-0.25, -0.2) is 4.39 Å². The summed E-state index contributed by atoms with van der Waals surface area (Å²) in [6, 6.07) is 2.43. The first-order chi connectivity index (χ1) is 15.4. The van der Waals surface area contributed by atoms with Gasteiger partial charge in [-0.2, -0.15) is 13.2 Å². The lowest BCUT2D eigenvalue weighted by Gasteiger charge is -2.40. The summed E-state index contributed by atoms with van der Waals surface area (Å²) in [5, 5.41) is 2.64. The van der Waals surface area contributed by atoms with Gasteiger partial charge in [0.1, 0.15) is 11.2 Å². The van der Waals surface area contributed by atoms with Crippen molar-refractivity contribution in [3.8, 4) is 0 Å². The van der Waals surface area contributed by atoms with Crippen molar-refractivity contribution in [2.75, 3.05) is 19.6 Å². The van der Waals surface area contributed by atoms with Crippen LogP contribution in [0.4, 0.5) is 17.6 Å². The molecule has 1 aliphatic heterocycles. The van der Waals surface area contributed by atoms with Crippen LogP contribution in [0.1, 0.15) is 38.2 Å². The highest BCUT2D eigenvalue weighted by Crippen LogP contribution is 2.51. The number of hydrogen-bond donors (Lipinski definition) is 1. The summed E-state index contributed by atoms with van der Waals surface area (Å²) in [6.45, 7) is 1.53. The number of nitrogens with one attached hydrogen (secondary N) is 1. The lowest BCUT2D eigenvalue weighted by molar-refractivity contribution is -0.187. The lowest BCUT2D eigenvalue weighted by atomic mass is 9.78. The Morgan fingerprint density at radius 3 is 2.39 bits per heavy atom. The standard InChI is InChI=1S/C23H23Cl3F4N2O/c1-21(5-4-14(18(27)10-21)11-31-20(33)13-2-3-13)32-7-6-22(12-32,23(28,29)30)15-8-16(24)19(26)17(25)9-15/h4-5,8-9,13H,2-3,6-7,10-12H2,1H3,(H,31,33)/t21?,22-/m1/s1. The van der Waals surface area contributed by atoms with Crippen molar-refractivity contribution in [2.24, 2.45) is 5.92 Å². The molecule has 3 nitrogen and oxygen atoms in total. The molecule has 1 heterocycles. The van der Waals surface area contributed by atoms with Crippen molar-refractivity contribution in [1.29, 1.82) is 0 Å². The van der Waals surface area contributed by atoms with Gasteiger partial charge in [0.05, 0.1) is 15.1 Å². The van der Waals surface area contributed by atoms with Crippen LogP contribution in [0, 0.1) is 5.92 Å². The molecular formula is C23H23Cl3F4N2O. The van der Waals surface area contributed by atoms with Gasteiger partial charge in [0.2, 0.25) is 5.91 Å². The summed E-state index contributed by atoms with van der Waals surface area (Å²) in [5.41, 5.74) is -2.86. The molecular weight excluding hydrogens is 503 g/mol. The van der Waals surface area contributed by atoms with Gasteiger partial charge in [-0.3, -0.25) is 9.69 Å². The van der Waals surface area contributed by atoms with E-state index in [2.05, 4.69) is 5.32 Å². The summed E-state index contributed by atoms with van der Waals surface area (Å²) >= 11 is 18.0. The number of hydrogen-bond acceptors (Lipinski definition) is 2. The van der Waals surface area contributed by atoms with Crippen LogP contribution in [-0.4, -0.2) is 42.2 Å². The fourth-order valence-electron chi connectivity index (χ4n) is 4.61. The zero-order valence-corrected chi connectivity index (χ0v) is 20.1. The normalized spacial score (nSPS) is 28.5. The van der Waals surface area contributed by atoms with Crippen molar-refractivity contribution in [3.05, 3.63) is 56.3 Å². The van der Waals surface area contributed by atoms with E-state index >= 15 is 0 Å². The molecule has 1 saturated carbocycles. The minimum absolute atomic E-state index is 0.00458. The molecule has 1 aromatic carbocycles. The monoisotopic (exact) mass is 524 g/mol. The second-order valence-electron chi connectivity index (χ2n) is 9.29. The molecule has 0 aromatic heterocycles. The first kappa shape index (κ1) is 24.8. The number of nitrogens with zero attached hydrogens (tertiary/aromatic N) is 1. The fourth-order valence-corrected chi connectivity index (χ4v) is 5.21. The number of likely N-dealkylation sites (tertiary alicyclic amines) is 1. The third kappa shape index (κ3) is 4.66. The molecule has 0 radical (unpaired) electrons. The van der Waals surface area contributed by atoms with Crippen LogP contribution in [0.25, 0.3) is 0 Å². The van der Waals surface area contributed by atoms with Crippen molar-refractivity contribution in [1.82, 2.24) is 10.2 Å². The topological polar surface area (TPSA) is 32.3 Å². The Morgan fingerprint density at radius 2 is 1.85 bits per heavy atom. The predicted molar refractivity (Wildman–Crippen MR) is 121 cm³/mol. The zero-order chi connectivity index (χ0) is 24.2. The van der Waals surface area contributed by atoms with Crippen molar-refractivity contribution < 1.29 is 22.4 Å². The smallest absolute Gasteiger partial charge is 0.352 e. The molecule has 10 heteroatoms. The predicted octanol–water partition coefficient (Wildman–Crippen LogP) is 6.62. The highest BCUT2D eigenvalue weighted by molar-refractivity contribution is 6.48. The highest BCUT2D eigenvalue weighted by atomic mass is 35.5. The van der Waals surface area contributed by atoms with Crippen LogP contribution in [0.5, 0.6) is 0 Å². The number of rotatable bonds is 5. The largest absolute Gasteiger partial charge is 0.399 e. The van der Waals surface area contributed by atoms with E-state index in [1.165, 1.54) is 12.1 Å². The molecule has 1 saturated heterocycles. The molecule has 1 N–H and O–H groups in total. The quantitative estimate of drug-likeness (QED) is 0.346. The Balaban J connectivity index is 1.55. The molecule has 2 aliphatic carbocycles. The van der Waals surface area contributed by atoms with Crippen LogP contribution in [0.3, 0.4) is 0 Å². The summed E-state index contributed by atoms with van der Waals surface area (Å²) in [6.07, 6.45) is 0.114. The zero-order valence-electron chi connectivity index (χ0n) is 17.8. The van der Waals surface area contributed by atoms with Gasteiger partial charge < -0.3 is 5.32 Å². The average molecular weight is 526 g/mol. The molecule has 33 heavy (non-hydrogen) atoms. The Kier molecular flexibility index (Phi) is 6.58. The summed E-state index contributed by atoms with van der Waals surface area (Å²) in [4.78, 5) is 13.5. The van der Waals surface area contributed by atoms with Crippen LogP contribution in [-0.2, 0) is 10.2 Å². The number of carbonyl (C=O) groups is 1. The van der Waals surface area contributed by atoms with Crippen molar-refractivity contribution in [2.45, 2.75) is 49.7 Å². The van der Waals surface area contributed by atoms with E-state index in [-0.39, 0.29) is 64.9 Å². The van der Waals surface area contributed by atoms with Crippen molar-refractivity contribution in [3.63, 3.8) is 0 Å². The van der Waals surface area contributed by atoms with Gasteiger partial charge in [0.15, 0.2) is 0 Å². The number of amides is 1. The van der Waals surface area contributed by atoms with Crippen LogP contribution < -0.4 is 5.32 Å². The van der Waals surface area contributed by atoms with Gasteiger partial charge >= 0.3 is 6.18 Å². The Labute approximate surface area is 204 Å². The van der Waals surface area contributed by atoms with E-state index < -0.39 is 23.0 Å². The van der Waals surface area contributed by atoms with E-state index in [1.54, 1.807) is 24.0 Å². The van der Waals surface area contributed by atoms with Crippen molar-refractivity contribution >= 4 is 40.7 Å². The van der Waals surface area contributed by atoms with Gasteiger partial charge in [-0.05, 0) is 43.9 Å². The maximum Gasteiger partial charge on any atom is 0.399 e. The average Bonchev–Trinajstić information content (AvgIpc) is 3.47. The molecule has 180 valence electrons. The second-order valence-corrected chi connectivity index (χ2v) is 10.5. The van der Waals surface area contributed by atoms with Gasteiger partial charge in [0, 0.05) is 43.1 Å². The second kappa shape index (κ2) is 8.74. The first-order valence-electron chi connectivity index (χ1n) is 10.7. The Bertz CT molecular complexity index is 1010. The van der Waals surface area contributed by atoms with Crippen LogP contribution in [0.15, 0.2) is 35.7 Å². The third-order valence-corrected chi connectivity index (χ3v) is 8.17. The maximum atomic E-state index is 14.9. The van der Waals surface area contributed by atoms with E-state index in [0.29, 0.717) is 5.57 Å². The van der Waals surface area contributed by atoms with E-state index in [1.807, 2.05) is 0 Å². The number of benzene rings is 1. The molecule has 3 aliphatic rings. The van der Waals surface area contributed by atoms with Crippen LogP contribution in [0.2, 0.25) is 15.1 Å². The van der Waals surface area contributed by atoms with Gasteiger partial charge in [0.25, 0.3) is 0 Å². The van der Waals surface area contributed by atoms with E-state index in [4.69, 9.17) is 34.8 Å². The maximum absolute atomic E-state index is 14.9. The Morgan fingerprint density at radius 1 is 1.21 bits per heavy atom. The highest BCUT2D eigenvalue weighted by Gasteiger charge is 2.61. The minimum atomic E-state index is -4.58. The summed E-state index contributed by atoms with van der Waals surface area (Å²) in [5.74, 6) is -0.508. The SMILES string of the molecule is CC1(N2CC[C@@](c3cc(Cl)c(Cl)c(Cl)c3)(C(F)(F)F)C2)C=CC(CNC(=O)C2CC2)=C(F)C1. The molecule has 1 unspecified atom stereocenters. The summed E-state index contributed by atoms with van der Waals surface area (Å²) in [7, 11) is 0. The number of carbonyl (C=O) groups excluding carboxylic acids is 1. The molecule has 2 fully saturated rings. The lowest BCUT2D eigenvalue weighted by Crippen LogP contribution is -2.50. The van der Waals surface area contributed by atoms with Gasteiger partial charge in [-0.1, -0.05) is 47.0 Å². The molecule has 4 rings (SSSR count). The van der Waals surface area contributed by atoms with E-state index in [0.717, 1.165) is 12.8 Å². The first-order valence-corrected chi connectivity index (χ1v) is 11.8. The number of alkyl halides is 3. The molecule has 1 amide bonds. The third-order valence-electron chi connectivity index (χ3n) is 6.98. The fraction of sp³-hybridized carbons (Fsp3) is 0.522. The number of halogens is 7. The van der Waals surface area contributed by atoms with Gasteiger partial charge in [-0.15, -0.1) is 0 Å². The Hall–Kier alpha value is -1.28. The molecule has 0 bridgehead atoms. The van der Waals surface area contributed by atoms with Crippen LogP contribution >= 0.6 is 34.8 Å². The summed E-state index contributed by atoms with van der Waals surface area (Å²) < 4.78 is 58.2. The molecule has 1 aromatic rings.